The summed E-state index contributed by atoms with van der Waals surface area (Å²) in [6.45, 7) is 4.19. The van der Waals surface area contributed by atoms with Crippen LogP contribution in [0.5, 0.6) is 0 Å². The summed E-state index contributed by atoms with van der Waals surface area (Å²) in [5.74, 6) is -0.295. The Kier molecular flexibility index (Phi) is 11.9. The third kappa shape index (κ3) is 12.2. The summed E-state index contributed by atoms with van der Waals surface area (Å²) in [7, 11) is 0. The Labute approximate surface area is 110 Å². The van der Waals surface area contributed by atoms with Crippen molar-refractivity contribution >= 4 is 5.97 Å². The predicted octanol–water partition coefficient (Wildman–Crippen LogP) is 4.13. The molecule has 0 aromatic heterocycles. The van der Waals surface area contributed by atoms with Crippen LogP contribution in [0, 0.1) is 0 Å². The molecule has 2 heteroatoms. The molecule has 0 aromatic rings. The lowest BCUT2D eigenvalue weighted by molar-refractivity contribution is -0.137. The molecular formula is C16H22O2. The second-order valence-corrected chi connectivity index (χ2v) is 3.46. The maximum absolute atomic E-state index is 10.9. The highest BCUT2D eigenvalue weighted by atomic mass is 16.5. The van der Waals surface area contributed by atoms with Crippen LogP contribution < -0.4 is 0 Å². The van der Waals surface area contributed by atoms with Crippen LogP contribution in [0.4, 0.5) is 0 Å². The van der Waals surface area contributed by atoms with Gasteiger partial charge in [-0.05, 0) is 26.7 Å². The zero-order valence-electron chi connectivity index (χ0n) is 11.2. The molecule has 0 spiro atoms. The fraction of sp³-hybridized carbons (Fsp3) is 0.312. The van der Waals surface area contributed by atoms with Crippen molar-refractivity contribution in [3.05, 3.63) is 60.8 Å². The molecule has 18 heavy (non-hydrogen) atoms. The first kappa shape index (κ1) is 16.2. The number of esters is 1. The van der Waals surface area contributed by atoms with Crippen molar-refractivity contribution in [1.82, 2.24) is 0 Å². The van der Waals surface area contributed by atoms with Gasteiger partial charge in [-0.2, -0.15) is 0 Å². The first-order valence-corrected chi connectivity index (χ1v) is 6.25. The fourth-order valence-electron chi connectivity index (χ4n) is 1.11. The topological polar surface area (TPSA) is 26.3 Å². The van der Waals surface area contributed by atoms with Gasteiger partial charge in [0.25, 0.3) is 0 Å². The number of rotatable bonds is 8. The highest BCUT2D eigenvalue weighted by Crippen LogP contribution is 1.94. The van der Waals surface area contributed by atoms with Crippen molar-refractivity contribution < 1.29 is 9.53 Å². The molecule has 0 saturated heterocycles. The number of allylic oxidation sites excluding steroid dienone is 9. The third-order valence-corrected chi connectivity index (χ3v) is 1.93. The molecule has 0 saturated carbocycles. The van der Waals surface area contributed by atoms with Crippen molar-refractivity contribution in [2.75, 3.05) is 6.61 Å². The smallest absolute Gasteiger partial charge is 0.330 e. The molecule has 0 unspecified atom stereocenters. The van der Waals surface area contributed by atoms with E-state index in [0.717, 1.165) is 12.8 Å². The summed E-state index contributed by atoms with van der Waals surface area (Å²) < 4.78 is 4.75. The summed E-state index contributed by atoms with van der Waals surface area (Å²) in [6.07, 6.45) is 21.1. The van der Waals surface area contributed by atoms with E-state index in [1.54, 1.807) is 13.0 Å². The third-order valence-electron chi connectivity index (χ3n) is 1.93. The van der Waals surface area contributed by atoms with E-state index in [9.17, 15) is 4.79 Å². The summed E-state index contributed by atoms with van der Waals surface area (Å²) in [4.78, 5) is 10.9. The average molecular weight is 246 g/mol. The maximum Gasteiger partial charge on any atom is 0.330 e. The number of hydrogen-bond donors (Lipinski definition) is 0. The Morgan fingerprint density at radius 1 is 0.944 bits per heavy atom. The lowest BCUT2D eigenvalue weighted by Crippen LogP contribution is -1.98. The van der Waals surface area contributed by atoms with Crippen LogP contribution in [0.2, 0.25) is 0 Å². The summed E-state index contributed by atoms with van der Waals surface area (Å²) in [5, 5.41) is 0. The van der Waals surface area contributed by atoms with Crippen molar-refractivity contribution in [3.8, 4) is 0 Å². The van der Waals surface area contributed by atoms with Gasteiger partial charge in [0.15, 0.2) is 0 Å². The van der Waals surface area contributed by atoms with Gasteiger partial charge in [0, 0.05) is 6.08 Å². The molecule has 0 rings (SSSR count). The first-order valence-electron chi connectivity index (χ1n) is 6.25. The minimum absolute atomic E-state index is 0.295. The Hall–Kier alpha value is -1.83. The average Bonchev–Trinajstić information content (AvgIpc) is 2.36. The first-order chi connectivity index (χ1) is 8.81. The van der Waals surface area contributed by atoms with E-state index in [4.69, 9.17) is 4.74 Å². The van der Waals surface area contributed by atoms with Gasteiger partial charge in [-0.3, -0.25) is 0 Å². The van der Waals surface area contributed by atoms with Crippen molar-refractivity contribution in [3.63, 3.8) is 0 Å². The van der Waals surface area contributed by atoms with E-state index in [-0.39, 0.29) is 5.97 Å². The van der Waals surface area contributed by atoms with E-state index < -0.39 is 0 Å². The van der Waals surface area contributed by atoms with Gasteiger partial charge in [0.1, 0.15) is 0 Å². The van der Waals surface area contributed by atoms with Gasteiger partial charge in [-0.25, -0.2) is 4.79 Å². The molecule has 0 aliphatic heterocycles. The van der Waals surface area contributed by atoms with Crippen LogP contribution >= 0.6 is 0 Å². The van der Waals surface area contributed by atoms with Gasteiger partial charge < -0.3 is 4.74 Å². The summed E-state index contributed by atoms with van der Waals surface area (Å²) >= 11 is 0. The minimum Gasteiger partial charge on any atom is -0.463 e. The van der Waals surface area contributed by atoms with Gasteiger partial charge in [0.05, 0.1) is 6.61 Å². The largest absolute Gasteiger partial charge is 0.463 e. The van der Waals surface area contributed by atoms with E-state index in [2.05, 4.69) is 6.08 Å². The molecule has 0 bridgehead atoms. The molecule has 0 fully saturated rings. The summed E-state index contributed by atoms with van der Waals surface area (Å²) in [5.41, 5.74) is 0. The van der Waals surface area contributed by atoms with Crippen LogP contribution in [-0.2, 0) is 9.53 Å². The van der Waals surface area contributed by atoms with Crippen LogP contribution in [0.25, 0.3) is 0 Å². The van der Waals surface area contributed by atoms with E-state index in [1.165, 1.54) is 6.08 Å². The maximum atomic E-state index is 10.9. The SMILES string of the molecule is C/C=C/C=C/C=C\CC/C=C/C=C/C(=O)OCC. The van der Waals surface area contributed by atoms with Crippen LogP contribution in [0.3, 0.4) is 0 Å². The highest BCUT2D eigenvalue weighted by molar-refractivity contribution is 5.82. The zero-order valence-corrected chi connectivity index (χ0v) is 11.2. The predicted molar refractivity (Wildman–Crippen MR) is 77.2 cm³/mol. The lowest BCUT2D eigenvalue weighted by atomic mass is 10.2. The minimum atomic E-state index is -0.295. The molecule has 0 N–H and O–H groups in total. The summed E-state index contributed by atoms with van der Waals surface area (Å²) in [6, 6.07) is 0. The Morgan fingerprint density at radius 3 is 2.17 bits per heavy atom. The monoisotopic (exact) mass is 246 g/mol. The Balaban J connectivity index is 3.62. The van der Waals surface area contributed by atoms with Crippen molar-refractivity contribution in [1.29, 1.82) is 0 Å². The molecule has 0 radical (unpaired) electrons. The quantitative estimate of drug-likeness (QED) is 0.278. The molecule has 0 heterocycles. The molecule has 0 aromatic carbocycles. The molecule has 98 valence electrons. The molecule has 0 aliphatic rings. The molecule has 2 nitrogen and oxygen atoms in total. The van der Waals surface area contributed by atoms with Crippen LogP contribution in [-0.4, -0.2) is 12.6 Å². The number of unbranched alkanes of at least 4 members (excludes halogenated alkanes) is 1. The normalized spacial score (nSPS) is 12.8. The van der Waals surface area contributed by atoms with E-state index >= 15 is 0 Å². The van der Waals surface area contributed by atoms with Gasteiger partial charge in [-0.1, -0.05) is 54.7 Å². The van der Waals surface area contributed by atoms with Gasteiger partial charge >= 0.3 is 5.97 Å². The second kappa shape index (κ2) is 13.2. The zero-order chi connectivity index (χ0) is 13.5. The number of ether oxygens (including phenoxy) is 1. The van der Waals surface area contributed by atoms with Crippen LogP contribution in [0.15, 0.2) is 60.8 Å². The van der Waals surface area contributed by atoms with Crippen molar-refractivity contribution in [2.24, 2.45) is 0 Å². The van der Waals surface area contributed by atoms with E-state index in [0.29, 0.717) is 6.61 Å². The molecular weight excluding hydrogens is 224 g/mol. The Morgan fingerprint density at radius 2 is 1.56 bits per heavy atom. The van der Waals surface area contributed by atoms with Gasteiger partial charge in [0.2, 0.25) is 0 Å². The number of carbonyl (C=O) groups excluding carboxylic acids is 1. The number of carbonyl (C=O) groups is 1. The van der Waals surface area contributed by atoms with Crippen molar-refractivity contribution in [2.45, 2.75) is 26.7 Å². The standard InChI is InChI=1S/C16H22O2/c1-3-5-6-7-8-9-10-11-12-13-14-15-16(17)18-4-2/h3,5-9,12-15H,4,10-11H2,1-2H3/b5-3+,7-6+,9-8-,13-12+,15-14+. The van der Waals surface area contributed by atoms with Gasteiger partial charge in [-0.15, -0.1) is 0 Å². The highest BCUT2D eigenvalue weighted by Gasteiger charge is 1.89. The molecule has 0 aliphatic carbocycles. The Bertz CT molecular complexity index is 344. The fourth-order valence-corrected chi connectivity index (χ4v) is 1.11. The van der Waals surface area contributed by atoms with Crippen LogP contribution in [0.1, 0.15) is 26.7 Å². The lowest BCUT2D eigenvalue weighted by Gasteiger charge is -1.92. The van der Waals surface area contributed by atoms with E-state index in [1.807, 2.05) is 49.5 Å². The number of hydrogen-bond acceptors (Lipinski definition) is 2. The molecule has 0 amide bonds. The molecule has 0 atom stereocenters. The second-order valence-electron chi connectivity index (χ2n) is 3.46.